The molecule has 0 aliphatic heterocycles. The van der Waals surface area contributed by atoms with E-state index in [1.807, 2.05) is 24.3 Å². The van der Waals surface area contributed by atoms with Crippen molar-refractivity contribution in [1.82, 2.24) is 5.32 Å². The van der Waals surface area contributed by atoms with Gasteiger partial charge in [-0.1, -0.05) is 66.2 Å². The Kier molecular flexibility index (Phi) is 6.88. The average molecular weight is 467 g/mol. The van der Waals surface area contributed by atoms with Gasteiger partial charge in [-0.25, -0.2) is 4.79 Å². The number of nitrogens with two attached hydrogens (primary N) is 1. The number of aliphatic hydroxyl groups is 2. The highest BCUT2D eigenvalue weighted by atomic mass is 35.5. The van der Waals surface area contributed by atoms with Crippen LogP contribution in [0, 0.1) is 6.92 Å². The van der Waals surface area contributed by atoms with Crippen LogP contribution in [0.2, 0.25) is 5.02 Å². The number of anilines is 1. The van der Waals surface area contributed by atoms with E-state index in [9.17, 15) is 15.0 Å². The van der Waals surface area contributed by atoms with Crippen molar-refractivity contribution in [3.8, 4) is 11.1 Å². The van der Waals surface area contributed by atoms with Crippen LogP contribution in [0.1, 0.15) is 40.7 Å². The average Bonchev–Trinajstić information content (AvgIpc) is 3.14. The minimum absolute atomic E-state index is 0.0194. The van der Waals surface area contributed by atoms with Gasteiger partial charge in [0.1, 0.15) is 12.7 Å². The summed E-state index contributed by atoms with van der Waals surface area (Å²) in [4.78, 5) is 12.3. The highest BCUT2D eigenvalue weighted by Gasteiger charge is 2.29. The number of carbonyl (C=O) groups excluding carboxylic acids is 1. The zero-order valence-electron chi connectivity index (χ0n) is 18.3. The second-order valence-corrected chi connectivity index (χ2v) is 8.69. The number of nitrogen functional groups attached to an aromatic ring is 1. The van der Waals surface area contributed by atoms with Crippen molar-refractivity contribution < 1.29 is 19.7 Å². The summed E-state index contributed by atoms with van der Waals surface area (Å²) in [6.45, 7) is 2.15. The topological polar surface area (TPSA) is 105 Å². The van der Waals surface area contributed by atoms with E-state index in [0.29, 0.717) is 16.3 Å². The Morgan fingerprint density at radius 1 is 1.09 bits per heavy atom. The van der Waals surface area contributed by atoms with Gasteiger partial charge < -0.3 is 26.0 Å². The second-order valence-electron chi connectivity index (χ2n) is 8.29. The fraction of sp³-hybridized carbons (Fsp3) is 0.269. The lowest BCUT2D eigenvalue weighted by atomic mass is 9.98. The van der Waals surface area contributed by atoms with Crippen LogP contribution < -0.4 is 11.1 Å². The maximum Gasteiger partial charge on any atom is 0.407 e. The number of amides is 1. The third kappa shape index (κ3) is 4.83. The lowest BCUT2D eigenvalue weighted by Gasteiger charge is -2.20. The molecule has 0 saturated carbocycles. The number of nitrogens with one attached hydrogen (secondary N) is 1. The molecule has 1 aliphatic rings. The summed E-state index contributed by atoms with van der Waals surface area (Å²) in [5.74, 6) is -0.0194. The summed E-state index contributed by atoms with van der Waals surface area (Å²) in [5, 5.41) is 23.7. The monoisotopic (exact) mass is 466 g/mol. The summed E-state index contributed by atoms with van der Waals surface area (Å²) in [7, 11) is 0. The quantitative estimate of drug-likeness (QED) is 0.382. The van der Waals surface area contributed by atoms with E-state index in [0.717, 1.165) is 27.8 Å². The van der Waals surface area contributed by atoms with Crippen molar-refractivity contribution in [2.45, 2.75) is 31.5 Å². The van der Waals surface area contributed by atoms with Gasteiger partial charge in [-0.05, 0) is 52.8 Å². The molecule has 0 spiro atoms. The minimum Gasteiger partial charge on any atom is -0.449 e. The molecule has 1 amide bonds. The maximum absolute atomic E-state index is 12.3. The molecule has 5 N–H and O–H groups in total. The van der Waals surface area contributed by atoms with Gasteiger partial charge in [0, 0.05) is 12.5 Å². The minimum atomic E-state index is -1.15. The Morgan fingerprint density at radius 2 is 1.70 bits per heavy atom. The second kappa shape index (κ2) is 9.83. The van der Waals surface area contributed by atoms with E-state index in [2.05, 4.69) is 29.6 Å². The van der Waals surface area contributed by atoms with Crippen LogP contribution in [-0.2, 0) is 4.74 Å². The van der Waals surface area contributed by atoms with Crippen molar-refractivity contribution >= 4 is 23.4 Å². The fourth-order valence-corrected chi connectivity index (χ4v) is 4.58. The molecule has 4 rings (SSSR count). The first kappa shape index (κ1) is 23.1. The van der Waals surface area contributed by atoms with Crippen molar-refractivity contribution in [2.24, 2.45) is 0 Å². The highest BCUT2D eigenvalue weighted by molar-refractivity contribution is 6.33. The van der Waals surface area contributed by atoms with Crippen LogP contribution in [0.3, 0.4) is 0 Å². The van der Waals surface area contributed by atoms with Crippen LogP contribution in [0.5, 0.6) is 0 Å². The normalized spacial score (nSPS) is 14.3. The number of aryl methyl sites for hydroxylation is 1. The number of alkyl carbamates (subject to hydrolysis) is 1. The largest absolute Gasteiger partial charge is 0.449 e. The molecule has 33 heavy (non-hydrogen) atoms. The van der Waals surface area contributed by atoms with Gasteiger partial charge in [-0.2, -0.15) is 0 Å². The van der Waals surface area contributed by atoms with Gasteiger partial charge in [0.2, 0.25) is 0 Å². The molecule has 6 nitrogen and oxygen atoms in total. The molecule has 0 bridgehead atoms. The van der Waals surface area contributed by atoms with Crippen molar-refractivity contribution in [3.05, 3.63) is 87.9 Å². The highest BCUT2D eigenvalue weighted by Crippen LogP contribution is 2.44. The van der Waals surface area contributed by atoms with Crippen molar-refractivity contribution in [3.63, 3.8) is 0 Å². The summed E-state index contributed by atoms with van der Waals surface area (Å²) in [5.41, 5.74) is 12.1. The number of ether oxygens (including phenoxy) is 1. The summed E-state index contributed by atoms with van der Waals surface area (Å²) in [6, 6.07) is 19.5. The third-order valence-electron chi connectivity index (χ3n) is 6.12. The predicted octanol–water partition coefficient (Wildman–Crippen LogP) is 4.55. The number of hydrogen-bond donors (Lipinski definition) is 4. The molecule has 3 aromatic rings. The third-order valence-corrected chi connectivity index (χ3v) is 6.43. The molecule has 3 aromatic carbocycles. The Balaban J connectivity index is 1.29. The molecule has 0 radical (unpaired) electrons. The maximum atomic E-state index is 12.3. The zero-order chi connectivity index (χ0) is 23.5. The van der Waals surface area contributed by atoms with Gasteiger partial charge in [-0.3, -0.25) is 0 Å². The number of benzene rings is 3. The number of hydrogen-bond acceptors (Lipinski definition) is 5. The lowest BCUT2D eigenvalue weighted by Crippen LogP contribution is -2.30. The van der Waals surface area contributed by atoms with Gasteiger partial charge in [0.15, 0.2) is 0 Å². The van der Waals surface area contributed by atoms with Gasteiger partial charge in [0.25, 0.3) is 0 Å². The Labute approximate surface area is 198 Å². The standard InChI is InChI=1S/C26H27ClN2O4/c1-15-12-16(13-22(27)24(15)28)25(31)23(30)10-11-29-26(32)33-14-21-19-8-4-2-6-17(19)18-7-3-5-9-20(18)21/h2-9,12-13,21,23,25,30-31H,10-11,14,28H2,1H3,(H,29,32). The molecule has 172 valence electrons. The van der Waals surface area contributed by atoms with Crippen LogP contribution in [-0.4, -0.2) is 35.6 Å². The summed E-state index contributed by atoms with van der Waals surface area (Å²) in [6.07, 6.45) is -2.65. The number of fused-ring (bicyclic) bond motifs is 3. The zero-order valence-corrected chi connectivity index (χ0v) is 19.0. The molecule has 0 saturated heterocycles. The summed E-state index contributed by atoms with van der Waals surface area (Å²) >= 11 is 6.07. The van der Waals surface area contributed by atoms with Crippen LogP contribution >= 0.6 is 11.6 Å². The Hall–Kier alpha value is -3.06. The van der Waals surface area contributed by atoms with E-state index >= 15 is 0 Å². The van der Waals surface area contributed by atoms with E-state index in [-0.39, 0.29) is 25.5 Å². The van der Waals surface area contributed by atoms with Gasteiger partial charge in [0.05, 0.1) is 16.8 Å². The van der Waals surface area contributed by atoms with Gasteiger partial charge in [-0.15, -0.1) is 0 Å². The van der Waals surface area contributed by atoms with Crippen molar-refractivity contribution in [1.29, 1.82) is 0 Å². The molecule has 0 heterocycles. The SMILES string of the molecule is Cc1cc(C(O)C(O)CCNC(=O)OCC2c3ccccc3-c3ccccc32)cc(Cl)c1N. The van der Waals surface area contributed by atoms with Crippen LogP contribution in [0.15, 0.2) is 60.7 Å². The molecule has 7 heteroatoms. The molecule has 2 unspecified atom stereocenters. The fourth-order valence-electron chi connectivity index (χ4n) is 4.30. The first-order valence-corrected chi connectivity index (χ1v) is 11.2. The summed E-state index contributed by atoms with van der Waals surface area (Å²) < 4.78 is 5.49. The van der Waals surface area contributed by atoms with E-state index in [1.54, 1.807) is 13.0 Å². The Bertz CT molecular complexity index is 1100. The molecule has 0 aromatic heterocycles. The smallest absolute Gasteiger partial charge is 0.407 e. The number of rotatable bonds is 7. The van der Waals surface area contributed by atoms with Gasteiger partial charge >= 0.3 is 6.09 Å². The molecular weight excluding hydrogens is 440 g/mol. The predicted molar refractivity (Wildman–Crippen MR) is 129 cm³/mol. The molecule has 1 aliphatic carbocycles. The van der Waals surface area contributed by atoms with Crippen LogP contribution in [0.4, 0.5) is 10.5 Å². The first-order valence-electron chi connectivity index (χ1n) is 10.9. The van der Waals surface area contributed by atoms with E-state index in [4.69, 9.17) is 22.1 Å². The molecule has 0 fully saturated rings. The van der Waals surface area contributed by atoms with Crippen LogP contribution in [0.25, 0.3) is 11.1 Å². The first-order chi connectivity index (χ1) is 15.9. The number of carbonyl (C=O) groups is 1. The number of halogens is 1. The number of aliphatic hydroxyl groups excluding tert-OH is 2. The molecule has 2 atom stereocenters. The lowest BCUT2D eigenvalue weighted by molar-refractivity contribution is 0.0136. The van der Waals surface area contributed by atoms with E-state index < -0.39 is 18.3 Å². The Morgan fingerprint density at radius 3 is 2.30 bits per heavy atom. The van der Waals surface area contributed by atoms with E-state index in [1.165, 1.54) is 6.07 Å². The molecular formula is C26H27ClN2O4. The van der Waals surface area contributed by atoms with Crippen molar-refractivity contribution in [2.75, 3.05) is 18.9 Å².